The third-order valence-electron chi connectivity index (χ3n) is 2.21. The van der Waals surface area contributed by atoms with E-state index in [1.165, 1.54) is 0 Å². The van der Waals surface area contributed by atoms with Crippen LogP contribution in [0.25, 0.3) is 0 Å². The standard InChI is InChI=1S/C14H16O9/c1-4-11(15)20-7-9(22-12(16)5-2)10(8-21-14(18)19)23-13(17)6-3/h4-6,9-10H,1-3,7-8H2,(H,18,19). The summed E-state index contributed by atoms with van der Waals surface area (Å²) in [5.41, 5.74) is 0. The summed E-state index contributed by atoms with van der Waals surface area (Å²) in [5.74, 6) is -2.64. The van der Waals surface area contributed by atoms with Crippen molar-refractivity contribution in [1.82, 2.24) is 0 Å². The van der Waals surface area contributed by atoms with Crippen LogP contribution in [0.4, 0.5) is 4.79 Å². The second kappa shape index (κ2) is 10.6. The molecule has 126 valence electrons. The largest absolute Gasteiger partial charge is 0.505 e. The van der Waals surface area contributed by atoms with E-state index in [4.69, 9.17) is 19.3 Å². The maximum atomic E-state index is 11.3. The van der Waals surface area contributed by atoms with E-state index in [2.05, 4.69) is 24.5 Å². The molecule has 0 rings (SSSR count). The summed E-state index contributed by atoms with van der Waals surface area (Å²) in [4.78, 5) is 44.2. The van der Waals surface area contributed by atoms with Gasteiger partial charge in [0.1, 0.15) is 13.2 Å². The minimum Gasteiger partial charge on any atom is -0.458 e. The van der Waals surface area contributed by atoms with Gasteiger partial charge in [-0.3, -0.25) is 0 Å². The summed E-state index contributed by atoms with van der Waals surface area (Å²) in [6.45, 7) is 8.37. The lowest BCUT2D eigenvalue weighted by Crippen LogP contribution is -2.42. The van der Waals surface area contributed by atoms with E-state index >= 15 is 0 Å². The fraction of sp³-hybridized carbons (Fsp3) is 0.286. The Hall–Kier alpha value is -3.10. The summed E-state index contributed by atoms with van der Waals surface area (Å²) in [6, 6.07) is 0. The Labute approximate surface area is 131 Å². The van der Waals surface area contributed by atoms with Crippen molar-refractivity contribution in [1.29, 1.82) is 0 Å². The van der Waals surface area contributed by atoms with Gasteiger partial charge in [0.2, 0.25) is 0 Å². The molecule has 2 atom stereocenters. The molecule has 1 N–H and O–H groups in total. The molecule has 0 saturated carbocycles. The topological polar surface area (TPSA) is 125 Å². The first-order valence-corrected chi connectivity index (χ1v) is 6.15. The quantitative estimate of drug-likeness (QED) is 0.348. The minimum absolute atomic E-state index is 0.525. The Balaban J connectivity index is 5.15. The van der Waals surface area contributed by atoms with Gasteiger partial charge in [-0.1, -0.05) is 19.7 Å². The SMILES string of the molecule is C=CC(=O)OCC(OC(=O)C=C)C(COC(=O)O)OC(=O)C=C. The highest BCUT2D eigenvalue weighted by molar-refractivity contribution is 5.82. The third kappa shape index (κ3) is 8.71. The predicted molar refractivity (Wildman–Crippen MR) is 75.3 cm³/mol. The van der Waals surface area contributed by atoms with Gasteiger partial charge in [0, 0.05) is 18.2 Å². The second-order valence-electron chi connectivity index (χ2n) is 3.77. The number of rotatable bonds is 10. The molecule has 0 aromatic rings. The monoisotopic (exact) mass is 328 g/mol. The molecular weight excluding hydrogens is 312 g/mol. The van der Waals surface area contributed by atoms with Crippen molar-refractivity contribution in [2.24, 2.45) is 0 Å². The lowest BCUT2D eigenvalue weighted by Gasteiger charge is -2.25. The molecule has 2 unspecified atom stereocenters. The van der Waals surface area contributed by atoms with Gasteiger partial charge in [-0.15, -0.1) is 0 Å². The molecule has 0 aromatic heterocycles. The van der Waals surface area contributed by atoms with E-state index < -0.39 is 49.5 Å². The zero-order valence-corrected chi connectivity index (χ0v) is 12.1. The van der Waals surface area contributed by atoms with Gasteiger partial charge < -0.3 is 24.1 Å². The van der Waals surface area contributed by atoms with Crippen molar-refractivity contribution < 1.29 is 43.2 Å². The van der Waals surface area contributed by atoms with E-state index in [0.717, 1.165) is 18.2 Å². The summed E-state index contributed by atoms with van der Waals surface area (Å²) in [5, 5.41) is 8.51. The molecule has 23 heavy (non-hydrogen) atoms. The Kier molecular flexibility index (Phi) is 9.17. The first kappa shape index (κ1) is 19.9. The van der Waals surface area contributed by atoms with Crippen LogP contribution in [0.15, 0.2) is 38.0 Å². The zero-order chi connectivity index (χ0) is 17.8. The summed E-state index contributed by atoms with van der Waals surface area (Å²) in [7, 11) is 0. The zero-order valence-electron chi connectivity index (χ0n) is 12.1. The summed E-state index contributed by atoms with van der Waals surface area (Å²) in [6.07, 6.45) is -1.82. The number of hydrogen-bond donors (Lipinski definition) is 1. The van der Waals surface area contributed by atoms with Gasteiger partial charge in [-0.05, 0) is 0 Å². The van der Waals surface area contributed by atoms with Crippen LogP contribution in [0.3, 0.4) is 0 Å². The van der Waals surface area contributed by atoms with Crippen molar-refractivity contribution in [2.75, 3.05) is 13.2 Å². The van der Waals surface area contributed by atoms with Crippen LogP contribution in [0.1, 0.15) is 0 Å². The maximum Gasteiger partial charge on any atom is 0.505 e. The average Bonchev–Trinajstić information content (AvgIpc) is 2.54. The summed E-state index contributed by atoms with van der Waals surface area (Å²) < 4.78 is 18.8. The third-order valence-corrected chi connectivity index (χ3v) is 2.21. The van der Waals surface area contributed by atoms with Crippen LogP contribution in [0.2, 0.25) is 0 Å². The molecule has 0 aliphatic carbocycles. The first-order chi connectivity index (χ1) is 10.8. The average molecular weight is 328 g/mol. The lowest BCUT2D eigenvalue weighted by molar-refractivity contribution is -0.172. The van der Waals surface area contributed by atoms with Gasteiger partial charge in [0.15, 0.2) is 12.2 Å². The van der Waals surface area contributed by atoms with E-state index in [-0.39, 0.29) is 0 Å². The molecule has 0 saturated heterocycles. The van der Waals surface area contributed by atoms with E-state index in [1.807, 2.05) is 0 Å². The molecule has 0 aliphatic rings. The molecule has 0 aromatic carbocycles. The molecule has 0 aliphatic heterocycles. The Morgan fingerprint density at radius 1 is 0.783 bits per heavy atom. The van der Waals surface area contributed by atoms with Crippen molar-refractivity contribution in [3.8, 4) is 0 Å². The predicted octanol–water partition coefficient (Wildman–Crippen LogP) is 0.606. The maximum absolute atomic E-state index is 11.3. The molecule has 0 amide bonds. The number of hydrogen-bond acceptors (Lipinski definition) is 8. The van der Waals surface area contributed by atoms with Gasteiger partial charge >= 0.3 is 24.1 Å². The molecular formula is C14H16O9. The second-order valence-corrected chi connectivity index (χ2v) is 3.77. The summed E-state index contributed by atoms with van der Waals surface area (Å²) >= 11 is 0. The molecule has 0 fully saturated rings. The van der Waals surface area contributed by atoms with Crippen molar-refractivity contribution in [3.05, 3.63) is 38.0 Å². The van der Waals surface area contributed by atoms with E-state index in [0.29, 0.717) is 0 Å². The van der Waals surface area contributed by atoms with E-state index in [9.17, 15) is 19.2 Å². The molecule has 0 heterocycles. The van der Waals surface area contributed by atoms with Crippen molar-refractivity contribution in [3.63, 3.8) is 0 Å². The smallest absolute Gasteiger partial charge is 0.458 e. The van der Waals surface area contributed by atoms with E-state index in [1.54, 1.807) is 0 Å². The number of esters is 3. The first-order valence-electron chi connectivity index (χ1n) is 6.15. The molecule has 9 nitrogen and oxygen atoms in total. The van der Waals surface area contributed by atoms with Crippen molar-refractivity contribution in [2.45, 2.75) is 12.2 Å². The van der Waals surface area contributed by atoms with Gasteiger partial charge in [-0.2, -0.15) is 0 Å². The van der Waals surface area contributed by atoms with Crippen LogP contribution in [0, 0.1) is 0 Å². The molecule has 0 bridgehead atoms. The van der Waals surface area contributed by atoms with Gasteiger partial charge in [-0.25, -0.2) is 19.2 Å². The Bertz CT molecular complexity index is 494. The number of ether oxygens (including phenoxy) is 4. The van der Waals surface area contributed by atoms with Crippen LogP contribution >= 0.6 is 0 Å². The van der Waals surface area contributed by atoms with Gasteiger partial charge in [0.25, 0.3) is 0 Å². The normalized spacial score (nSPS) is 12.0. The van der Waals surface area contributed by atoms with Crippen LogP contribution in [-0.4, -0.2) is 54.6 Å². The molecule has 0 spiro atoms. The number of carbonyl (C=O) groups is 4. The highest BCUT2D eigenvalue weighted by Crippen LogP contribution is 2.09. The minimum atomic E-state index is -1.64. The fourth-order valence-electron chi connectivity index (χ4n) is 1.21. The highest BCUT2D eigenvalue weighted by Gasteiger charge is 2.30. The van der Waals surface area contributed by atoms with Crippen LogP contribution in [-0.2, 0) is 33.3 Å². The lowest BCUT2D eigenvalue weighted by atomic mass is 10.2. The Morgan fingerprint density at radius 3 is 1.52 bits per heavy atom. The Morgan fingerprint density at radius 2 is 1.17 bits per heavy atom. The van der Waals surface area contributed by atoms with Crippen LogP contribution in [0.5, 0.6) is 0 Å². The highest BCUT2D eigenvalue weighted by atomic mass is 16.7. The van der Waals surface area contributed by atoms with Crippen LogP contribution < -0.4 is 0 Å². The molecule has 9 heteroatoms. The van der Waals surface area contributed by atoms with Crippen molar-refractivity contribution >= 4 is 24.1 Å². The van der Waals surface area contributed by atoms with Gasteiger partial charge in [0.05, 0.1) is 0 Å². The fourth-order valence-corrected chi connectivity index (χ4v) is 1.21. The number of carboxylic acid groups (broad SMARTS) is 1. The molecule has 0 radical (unpaired) electrons. The number of carbonyl (C=O) groups excluding carboxylic acids is 3.